The van der Waals surface area contributed by atoms with Crippen LogP contribution in [0, 0.1) is 0 Å². The number of hydrogen-bond acceptors (Lipinski definition) is 4. The molecule has 1 atom stereocenters. The van der Waals surface area contributed by atoms with Crippen LogP contribution in [0.5, 0.6) is 0 Å². The summed E-state index contributed by atoms with van der Waals surface area (Å²) in [6.07, 6.45) is 0. The lowest BCUT2D eigenvalue weighted by molar-refractivity contribution is -0.125. The molecule has 0 saturated heterocycles. The van der Waals surface area contributed by atoms with Crippen LogP contribution in [0.2, 0.25) is 0 Å². The van der Waals surface area contributed by atoms with Crippen LogP contribution in [0.1, 0.15) is 17.3 Å². The highest BCUT2D eigenvalue weighted by Crippen LogP contribution is 2.11. The standard InChI is InChI=1S/C13H17NO4S/c1-10(13(16)11-7-5-4-6-8-11)19(17,18)9-12(15)14(2)3/h4-8,10H,9H2,1-3H3. The van der Waals surface area contributed by atoms with Gasteiger partial charge in [-0.05, 0) is 6.92 Å². The number of ketones is 1. The summed E-state index contributed by atoms with van der Waals surface area (Å²) < 4.78 is 24.0. The van der Waals surface area contributed by atoms with E-state index >= 15 is 0 Å². The van der Waals surface area contributed by atoms with Gasteiger partial charge in [-0.1, -0.05) is 30.3 Å². The van der Waals surface area contributed by atoms with Gasteiger partial charge in [0, 0.05) is 19.7 Å². The maximum Gasteiger partial charge on any atom is 0.237 e. The summed E-state index contributed by atoms with van der Waals surface area (Å²) in [5, 5.41) is -1.22. The molecule has 5 nitrogen and oxygen atoms in total. The Labute approximate surface area is 113 Å². The van der Waals surface area contributed by atoms with Crippen molar-refractivity contribution in [2.75, 3.05) is 19.8 Å². The van der Waals surface area contributed by atoms with E-state index < -0.39 is 32.5 Å². The molecule has 0 saturated carbocycles. The third-order valence-corrected chi connectivity index (χ3v) is 4.73. The normalized spacial score (nSPS) is 12.8. The lowest BCUT2D eigenvalue weighted by atomic mass is 10.1. The molecule has 1 unspecified atom stereocenters. The van der Waals surface area contributed by atoms with Crippen molar-refractivity contribution in [1.29, 1.82) is 0 Å². The molecule has 0 bridgehead atoms. The van der Waals surface area contributed by atoms with Crippen LogP contribution in [0.3, 0.4) is 0 Å². The minimum absolute atomic E-state index is 0.330. The Morgan fingerprint density at radius 1 is 1.16 bits per heavy atom. The highest BCUT2D eigenvalue weighted by Gasteiger charge is 2.31. The van der Waals surface area contributed by atoms with Gasteiger partial charge in [0.15, 0.2) is 15.6 Å². The van der Waals surface area contributed by atoms with Gasteiger partial charge in [-0.3, -0.25) is 9.59 Å². The SMILES string of the molecule is CC(C(=O)c1ccccc1)S(=O)(=O)CC(=O)N(C)C. The maximum absolute atomic E-state index is 12.0. The molecule has 6 heteroatoms. The van der Waals surface area contributed by atoms with E-state index in [1.165, 1.54) is 25.9 Å². The number of amides is 1. The molecule has 0 heterocycles. The Bertz CT molecular complexity index is 564. The van der Waals surface area contributed by atoms with Crippen molar-refractivity contribution in [2.45, 2.75) is 12.2 Å². The minimum atomic E-state index is -3.79. The van der Waals surface area contributed by atoms with Crippen LogP contribution in [0.25, 0.3) is 0 Å². The minimum Gasteiger partial charge on any atom is -0.348 e. The maximum atomic E-state index is 12.0. The molecule has 0 aliphatic carbocycles. The van der Waals surface area contributed by atoms with Crippen molar-refractivity contribution in [1.82, 2.24) is 4.90 Å². The number of hydrogen-bond donors (Lipinski definition) is 0. The van der Waals surface area contributed by atoms with Crippen molar-refractivity contribution in [2.24, 2.45) is 0 Å². The molecular formula is C13H17NO4S. The number of nitrogens with zero attached hydrogens (tertiary/aromatic N) is 1. The fourth-order valence-electron chi connectivity index (χ4n) is 1.43. The van der Waals surface area contributed by atoms with E-state index in [0.29, 0.717) is 5.56 Å². The second-order valence-corrected chi connectivity index (χ2v) is 6.79. The first-order chi connectivity index (χ1) is 8.75. The lowest BCUT2D eigenvalue weighted by Crippen LogP contribution is -2.36. The quantitative estimate of drug-likeness (QED) is 0.748. The highest BCUT2D eigenvalue weighted by molar-refractivity contribution is 7.93. The lowest BCUT2D eigenvalue weighted by Gasteiger charge is -2.14. The van der Waals surface area contributed by atoms with Crippen molar-refractivity contribution in [3.8, 4) is 0 Å². The Hall–Kier alpha value is -1.69. The topological polar surface area (TPSA) is 71.5 Å². The van der Waals surface area contributed by atoms with E-state index in [2.05, 4.69) is 0 Å². The monoisotopic (exact) mass is 283 g/mol. The Morgan fingerprint density at radius 2 is 1.68 bits per heavy atom. The van der Waals surface area contributed by atoms with Crippen molar-refractivity contribution in [3.63, 3.8) is 0 Å². The molecule has 19 heavy (non-hydrogen) atoms. The Balaban J connectivity index is 2.91. The van der Waals surface area contributed by atoms with E-state index in [9.17, 15) is 18.0 Å². The molecule has 0 N–H and O–H groups in total. The van der Waals surface area contributed by atoms with Gasteiger partial charge in [0.05, 0.1) is 0 Å². The first kappa shape index (κ1) is 15.4. The van der Waals surface area contributed by atoms with Crippen molar-refractivity contribution in [3.05, 3.63) is 35.9 Å². The average molecular weight is 283 g/mol. The zero-order valence-corrected chi connectivity index (χ0v) is 12.0. The second kappa shape index (κ2) is 5.97. The molecule has 1 amide bonds. The van der Waals surface area contributed by atoms with Crippen LogP contribution in [0.4, 0.5) is 0 Å². The van der Waals surface area contributed by atoms with E-state index in [1.807, 2.05) is 0 Å². The number of sulfone groups is 1. The van der Waals surface area contributed by atoms with Crippen molar-refractivity contribution < 1.29 is 18.0 Å². The second-order valence-electron chi connectivity index (χ2n) is 4.47. The van der Waals surface area contributed by atoms with Gasteiger partial charge in [0.2, 0.25) is 5.91 Å². The molecule has 0 spiro atoms. The van der Waals surface area contributed by atoms with Gasteiger partial charge in [0.1, 0.15) is 11.0 Å². The van der Waals surface area contributed by atoms with Crippen LogP contribution >= 0.6 is 0 Å². The Morgan fingerprint density at radius 3 is 2.16 bits per heavy atom. The summed E-state index contributed by atoms with van der Waals surface area (Å²) in [7, 11) is -0.845. The molecule has 1 aromatic carbocycles. The van der Waals surface area contributed by atoms with Crippen molar-refractivity contribution >= 4 is 21.5 Å². The average Bonchev–Trinajstić information content (AvgIpc) is 2.37. The molecule has 0 aliphatic heterocycles. The van der Waals surface area contributed by atoms with Gasteiger partial charge in [-0.15, -0.1) is 0 Å². The molecule has 0 radical (unpaired) electrons. The zero-order valence-electron chi connectivity index (χ0n) is 11.2. The van der Waals surface area contributed by atoms with Gasteiger partial charge in [-0.25, -0.2) is 8.42 Å². The first-order valence-corrected chi connectivity index (χ1v) is 7.48. The fraction of sp³-hybridized carbons (Fsp3) is 0.385. The van der Waals surface area contributed by atoms with E-state index in [-0.39, 0.29) is 0 Å². The molecule has 1 rings (SSSR count). The van der Waals surface area contributed by atoms with Crippen LogP contribution in [-0.4, -0.2) is 50.1 Å². The number of rotatable bonds is 5. The predicted molar refractivity (Wildman–Crippen MR) is 72.7 cm³/mol. The van der Waals surface area contributed by atoms with Crippen LogP contribution in [0.15, 0.2) is 30.3 Å². The van der Waals surface area contributed by atoms with E-state index in [4.69, 9.17) is 0 Å². The molecule has 104 valence electrons. The summed E-state index contributed by atoms with van der Waals surface area (Å²) in [5.41, 5.74) is 0.330. The third kappa shape index (κ3) is 3.89. The zero-order chi connectivity index (χ0) is 14.6. The van der Waals surface area contributed by atoms with E-state index in [0.717, 1.165) is 0 Å². The fourth-order valence-corrected chi connectivity index (χ4v) is 2.74. The summed E-state index contributed by atoms with van der Waals surface area (Å²) in [6, 6.07) is 8.19. The molecule has 1 aromatic rings. The summed E-state index contributed by atoms with van der Waals surface area (Å²) in [5.74, 6) is -1.68. The van der Waals surface area contributed by atoms with E-state index in [1.54, 1.807) is 30.3 Å². The number of carbonyl (C=O) groups excluding carboxylic acids is 2. The van der Waals surface area contributed by atoms with Gasteiger partial charge < -0.3 is 4.90 Å². The number of benzene rings is 1. The molecule has 0 aliphatic rings. The van der Waals surface area contributed by atoms with Gasteiger partial charge in [0.25, 0.3) is 0 Å². The highest BCUT2D eigenvalue weighted by atomic mass is 32.2. The molecule has 0 fully saturated rings. The third-order valence-electron chi connectivity index (χ3n) is 2.79. The molecular weight excluding hydrogens is 266 g/mol. The summed E-state index contributed by atoms with van der Waals surface area (Å²) in [4.78, 5) is 24.7. The van der Waals surface area contributed by atoms with Crippen LogP contribution in [-0.2, 0) is 14.6 Å². The van der Waals surface area contributed by atoms with Crippen LogP contribution < -0.4 is 0 Å². The van der Waals surface area contributed by atoms with Gasteiger partial charge in [-0.2, -0.15) is 0 Å². The summed E-state index contributed by atoms with van der Waals surface area (Å²) >= 11 is 0. The first-order valence-electron chi connectivity index (χ1n) is 5.76. The number of Topliss-reactive ketones (excluding diaryl/α,β-unsaturated/α-hetero) is 1. The van der Waals surface area contributed by atoms with Gasteiger partial charge >= 0.3 is 0 Å². The predicted octanol–water partition coefficient (Wildman–Crippen LogP) is 0.761. The number of carbonyl (C=O) groups is 2. The largest absolute Gasteiger partial charge is 0.348 e. The molecule has 0 aromatic heterocycles. The smallest absolute Gasteiger partial charge is 0.237 e. The Kier molecular flexibility index (Phi) is 4.83. The summed E-state index contributed by atoms with van der Waals surface area (Å²) in [6.45, 7) is 1.31.